The third-order valence-corrected chi connectivity index (χ3v) is 5.10. The van der Waals surface area contributed by atoms with Crippen molar-refractivity contribution < 1.29 is 9.59 Å². The number of rotatable bonds is 3. The molecule has 0 aromatic carbocycles. The summed E-state index contributed by atoms with van der Waals surface area (Å²) in [7, 11) is 3.75. The Morgan fingerprint density at radius 2 is 1.86 bits per heavy atom. The Morgan fingerprint density at radius 3 is 2.38 bits per heavy atom. The summed E-state index contributed by atoms with van der Waals surface area (Å²) < 4.78 is 0. The van der Waals surface area contributed by atoms with Crippen LogP contribution in [0.2, 0.25) is 0 Å². The predicted octanol–water partition coefficient (Wildman–Crippen LogP) is 1.21. The van der Waals surface area contributed by atoms with Gasteiger partial charge < -0.3 is 14.7 Å². The number of hydrogen-bond donors (Lipinski definition) is 0. The second-order valence-electron chi connectivity index (χ2n) is 5.68. The van der Waals surface area contributed by atoms with E-state index in [0.717, 1.165) is 36.6 Å². The maximum absolute atomic E-state index is 12.4. The molecule has 2 amide bonds. The van der Waals surface area contributed by atoms with E-state index >= 15 is 0 Å². The van der Waals surface area contributed by atoms with Gasteiger partial charge in [0.1, 0.15) is 0 Å². The fraction of sp³-hybridized carbons (Fsp3) is 0.600. The summed E-state index contributed by atoms with van der Waals surface area (Å²) in [5, 5.41) is 1.88. The van der Waals surface area contributed by atoms with E-state index in [1.807, 2.05) is 24.1 Å². The van der Waals surface area contributed by atoms with E-state index in [2.05, 4.69) is 11.9 Å². The maximum atomic E-state index is 12.4. The number of aryl methyl sites for hydroxylation is 1. The number of piperazine rings is 1. The first-order chi connectivity index (χ1) is 9.90. The van der Waals surface area contributed by atoms with Gasteiger partial charge in [-0.15, -0.1) is 11.3 Å². The molecule has 0 aliphatic carbocycles. The van der Waals surface area contributed by atoms with Crippen LogP contribution in [0.15, 0.2) is 5.38 Å². The van der Waals surface area contributed by atoms with Gasteiger partial charge in [-0.25, -0.2) is 0 Å². The van der Waals surface area contributed by atoms with E-state index in [9.17, 15) is 9.59 Å². The van der Waals surface area contributed by atoms with Gasteiger partial charge in [0.05, 0.1) is 12.1 Å². The standard InChI is InChI=1S/C15H23N3O2S/c1-11-12(2)21-10-13(11)15(20)17(4)9-14(19)18-7-5-16(3)6-8-18/h10H,5-9H2,1-4H3. The van der Waals surface area contributed by atoms with Crippen molar-refractivity contribution in [1.29, 1.82) is 0 Å². The third-order valence-electron chi connectivity index (χ3n) is 4.09. The number of hydrogen-bond acceptors (Lipinski definition) is 4. The molecule has 1 aliphatic heterocycles. The minimum Gasteiger partial charge on any atom is -0.339 e. The Bertz CT molecular complexity index is 533. The van der Waals surface area contributed by atoms with E-state index in [4.69, 9.17) is 0 Å². The first-order valence-electron chi connectivity index (χ1n) is 7.16. The minimum atomic E-state index is -0.0701. The first-order valence-corrected chi connectivity index (χ1v) is 8.04. The third kappa shape index (κ3) is 3.63. The Balaban J connectivity index is 1.94. The average Bonchev–Trinajstić information content (AvgIpc) is 2.78. The van der Waals surface area contributed by atoms with E-state index in [1.165, 1.54) is 4.90 Å². The molecule has 21 heavy (non-hydrogen) atoms. The lowest BCUT2D eigenvalue weighted by atomic mass is 10.1. The molecule has 0 atom stereocenters. The largest absolute Gasteiger partial charge is 0.339 e. The van der Waals surface area contributed by atoms with Crippen molar-refractivity contribution in [2.75, 3.05) is 46.8 Å². The smallest absolute Gasteiger partial charge is 0.255 e. The molecule has 6 heteroatoms. The zero-order valence-electron chi connectivity index (χ0n) is 13.2. The van der Waals surface area contributed by atoms with Crippen LogP contribution in [0.5, 0.6) is 0 Å². The number of thiophene rings is 1. The predicted molar refractivity (Wildman–Crippen MR) is 84.8 cm³/mol. The van der Waals surface area contributed by atoms with Gasteiger partial charge >= 0.3 is 0 Å². The molecule has 1 fully saturated rings. The highest BCUT2D eigenvalue weighted by atomic mass is 32.1. The van der Waals surface area contributed by atoms with Gasteiger partial charge in [-0.05, 0) is 26.5 Å². The monoisotopic (exact) mass is 309 g/mol. The summed E-state index contributed by atoms with van der Waals surface area (Å²) in [5.74, 6) is -0.0390. The highest BCUT2D eigenvalue weighted by molar-refractivity contribution is 7.10. The SMILES string of the molecule is Cc1scc(C(=O)N(C)CC(=O)N2CCN(C)CC2)c1C. The molecule has 2 heterocycles. The van der Waals surface area contributed by atoms with Crippen LogP contribution < -0.4 is 0 Å². The second-order valence-corrected chi connectivity index (χ2v) is 6.76. The van der Waals surface area contributed by atoms with E-state index in [1.54, 1.807) is 18.4 Å². The molecule has 116 valence electrons. The number of carbonyl (C=O) groups excluding carboxylic acids is 2. The van der Waals surface area contributed by atoms with E-state index in [-0.39, 0.29) is 18.4 Å². The minimum absolute atomic E-state index is 0.0311. The summed E-state index contributed by atoms with van der Waals surface area (Å²) in [6.07, 6.45) is 0. The average molecular weight is 309 g/mol. The van der Waals surface area contributed by atoms with Crippen LogP contribution in [0.4, 0.5) is 0 Å². The van der Waals surface area contributed by atoms with Crippen LogP contribution in [0, 0.1) is 13.8 Å². The Kier molecular flexibility index (Phi) is 5.00. The fourth-order valence-electron chi connectivity index (χ4n) is 2.36. The van der Waals surface area contributed by atoms with Crippen LogP contribution in [-0.2, 0) is 4.79 Å². The fourth-order valence-corrected chi connectivity index (χ4v) is 3.22. The van der Waals surface area contributed by atoms with Crippen LogP contribution in [0.3, 0.4) is 0 Å². The Labute approximate surface area is 130 Å². The molecule has 0 saturated carbocycles. The molecule has 0 bridgehead atoms. The van der Waals surface area contributed by atoms with Crippen LogP contribution in [0.1, 0.15) is 20.8 Å². The van der Waals surface area contributed by atoms with Gasteiger partial charge in [-0.2, -0.15) is 0 Å². The van der Waals surface area contributed by atoms with Gasteiger partial charge in [0.15, 0.2) is 0 Å². The van der Waals surface area contributed by atoms with Crippen LogP contribution in [-0.4, -0.2) is 73.3 Å². The van der Waals surface area contributed by atoms with Crippen molar-refractivity contribution in [3.63, 3.8) is 0 Å². The lowest BCUT2D eigenvalue weighted by Gasteiger charge is -2.33. The van der Waals surface area contributed by atoms with Crippen molar-refractivity contribution in [2.45, 2.75) is 13.8 Å². The quantitative estimate of drug-likeness (QED) is 0.843. The molecular weight excluding hydrogens is 286 g/mol. The lowest BCUT2D eigenvalue weighted by Crippen LogP contribution is -2.50. The summed E-state index contributed by atoms with van der Waals surface area (Å²) in [6, 6.07) is 0. The molecule has 0 unspecified atom stereocenters. The molecule has 0 spiro atoms. The highest BCUT2D eigenvalue weighted by Gasteiger charge is 2.23. The Hall–Kier alpha value is -1.40. The number of nitrogens with zero attached hydrogens (tertiary/aromatic N) is 3. The van der Waals surface area contributed by atoms with Gasteiger partial charge in [0, 0.05) is 43.5 Å². The number of carbonyl (C=O) groups is 2. The zero-order valence-corrected chi connectivity index (χ0v) is 14.0. The van der Waals surface area contributed by atoms with Crippen molar-refractivity contribution in [2.24, 2.45) is 0 Å². The molecule has 5 nitrogen and oxygen atoms in total. The van der Waals surface area contributed by atoms with Crippen molar-refractivity contribution in [3.05, 3.63) is 21.4 Å². The van der Waals surface area contributed by atoms with Gasteiger partial charge in [0.2, 0.25) is 5.91 Å². The number of amides is 2. The van der Waals surface area contributed by atoms with Gasteiger partial charge in [-0.3, -0.25) is 9.59 Å². The lowest BCUT2D eigenvalue weighted by molar-refractivity contribution is -0.133. The second kappa shape index (κ2) is 6.58. The Morgan fingerprint density at radius 1 is 1.24 bits per heavy atom. The topological polar surface area (TPSA) is 43.9 Å². The van der Waals surface area contributed by atoms with Crippen molar-refractivity contribution in [3.8, 4) is 0 Å². The van der Waals surface area contributed by atoms with Crippen molar-refractivity contribution >= 4 is 23.2 Å². The number of likely N-dealkylation sites (N-methyl/N-ethyl adjacent to an activating group) is 2. The summed E-state index contributed by atoms with van der Waals surface area (Å²) >= 11 is 1.58. The van der Waals surface area contributed by atoms with E-state index < -0.39 is 0 Å². The van der Waals surface area contributed by atoms with Gasteiger partial charge in [0.25, 0.3) is 5.91 Å². The highest BCUT2D eigenvalue weighted by Crippen LogP contribution is 2.21. The van der Waals surface area contributed by atoms with E-state index in [0.29, 0.717) is 5.56 Å². The molecule has 0 radical (unpaired) electrons. The molecule has 0 N–H and O–H groups in total. The van der Waals surface area contributed by atoms with Crippen molar-refractivity contribution in [1.82, 2.24) is 14.7 Å². The van der Waals surface area contributed by atoms with Gasteiger partial charge in [-0.1, -0.05) is 0 Å². The summed E-state index contributed by atoms with van der Waals surface area (Å²) in [5.41, 5.74) is 1.73. The first kappa shape index (κ1) is 16.0. The molecule has 1 aliphatic rings. The van der Waals surface area contributed by atoms with Crippen LogP contribution >= 0.6 is 11.3 Å². The summed E-state index contributed by atoms with van der Waals surface area (Å²) in [4.78, 5) is 31.4. The molecule has 1 aromatic rings. The molecule has 2 rings (SSSR count). The van der Waals surface area contributed by atoms with Crippen LogP contribution in [0.25, 0.3) is 0 Å². The maximum Gasteiger partial charge on any atom is 0.255 e. The summed E-state index contributed by atoms with van der Waals surface area (Å²) in [6.45, 7) is 7.39. The zero-order chi connectivity index (χ0) is 15.6. The molecular formula is C15H23N3O2S. The molecule has 1 aromatic heterocycles. The normalized spacial score (nSPS) is 16.1. The molecule has 1 saturated heterocycles.